The van der Waals surface area contributed by atoms with Crippen molar-refractivity contribution < 1.29 is 24.2 Å². The molecule has 4 rings (SSSR count). The number of para-hydroxylation sites is 1. The van der Waals surface area contributed by atoms with Crippen LogP contribution in [0.5, 0.6) is 11.5 Å². The molecule has 3 aromatic carbocycles. The molecule has 0 bridgehead atoms. The number of ether oxygens (including phenoxy) is 2. The molecular formula is C25H22ClNO5. The van der Waals surface area contributed by atoms with Crippen molar-refractivity contribution in [2.45, 2.75) is 18.4 Å². The predicted octanol–water partition coefficient (Wildman–Crippen LogP) is 4.45. The van der Waals surface area contributed by atoms with Crippen LogP contribution in [0.4, 0.5) is 0 Å². The van der Waals surface area contributed by atoms with Crippen LogP contribution in [0.2, 0.25) is 5.02 Å². The van der Waals surface area contributed by atoms with Crippen LogP contribution in [0.3, 0.4) is 0 Å². The number of carbonyl (C=O) groups is 2. The summed E-state index contributed by atoms with van der Waals surface area (Å²) in [7, 11) is 0. The van der Waals surface area contributed by atoms with Crippen molar-refractivity contribution in [3.05, 3.63) is 94.5 Å². The molecule has 1 heterocycles. The Balaban J connectivity index is 1.49. The van der Waals surface area contributed by atoms with Gasteiger partial charge in [-0.2, -0.15) is 0 Å². The first-order chi connectivity index (χ1) is 15.5. The summed E-state index contributed by atoms with van der Waals surface area (Å²) in [6.07, 6.45) is 0.835. The molecular weight excluding hydrogens is 430 g/mol. The first-order valence-corrected chi connectivity index (χ1v) is 10.6. The van der Waals surface area contributed by atoms with E-state index in [4.69, 9.17) is 21.1 Å². The molecule has 7 heteroatoms. The number of hydrogen-bond acceptors (Lipinski definition) is 4. The van der Waals surface area contributed by atoms with E-state index in [9.17, 15) is 14.7 Å². The lowest BCUT2D eigenvalue weighted by Crippen LogP contribution is -2.45. The predicted molar refractivity (Wildman–Crippen MR) is 120 cm³/mol. The van der Waals surface area contributed by atoms with Crippen LogP contribution in [0.1, 0.15) is 27.9 Å². The monoisotopic (exact) mass is 451 g/mol. The number of halogens is 1. The molecule has 164 valence electrons. The number of nitrogens with one attached hydrogen (secondary N) is 1. The van der Waals surface area contributed by atoms with Gasteiger partial charge in [-0.05, 0) is 36.2 Å². The fourth-order valence-electron chi connectivity index (χ4n) is 3.72. The van der Waals surface area contributed by atoms with Crippen molar-refractivity contribution >= 4 is 23.5 Å². The Kier molecular flexibility index (Phi) is 6.32. The molecule has 2 N–H and O–H groups in total. The zero-order valence-corrected chi connectivity index (χ0v) is 18.0. The number of amides is 1. The fourth-order valence-corrected chi connectivity index (χ4v) is 3.94. The minimum absolute atomic E-state index is 0.122. The lowest BCUT2D eigenvalue weighted by molar-refractivity contribution is -0.159. The normalized spacial score (nSPS) is 17.0. The number of hydrogen-bond donors (Lipinski definition) is 2. The van der Waals surface area contributed by atoms with E-state index in [-0.39, 0.29) is 29.7 Å². The highest BCUT2D eigenvalue weighted by Crippen LogP contribution is 2.42. The summed E-state index contributed by atoms with van der Waals surface area (Å²) in [6.45, 7) is 0.681. The summed E-state index contributed by atoms with van der Waals surface area (Å²) in [5.41, 5.74) is 0.299. The highest BCUT2D eigenvalue weighted by Gasteiger charge is 2.47. The van der Waals surface area contributed by atoms with Crippen LogP contribution < -0.4 is 14.8 Å². The summed E-state index contributed by atoms with van der Waals surface area (Å²) >= 11 is 6.39. The number of aliphatic carboxylic acids is 1. The molecule has 6 nitrogen and oxygen atoms in total. The molecule has 1 atom stereocenters. The molecule has 0 radical (unpaired) electrons. The van der Waals surface area contributed by atoms with Crippen molar-refractivity contribution in [2.75, 3.05) is 13.2 Å². The lowest BCUT2D eigenvalue weighted by atomic mass is 9.87. The second-order valence-corrected chi connectivity index (χ2v) is 7.87. The Hall–Kier alpha value is -3.51. The molecule has 0 spiro atoms. The molecule has 1 unspecified atom stereocenters. The third-order valence-corrected chi connectivity index (χ3v) is 5.69. The third kappa shape index (κ3) is 4.41. The summed E-state index contributed by atoms with van der Waals surface area (Å²) in [5.74, 6) is -0.746. The van der Waals surface area contributed by atoms with E-state index in [0.29, 0.717) is 29.8 Å². The average molecular weight is 452 g/mol. The van der Waals surface area contributed by atoms with Gasteiger partial charge in [-0.25, -0.2) is 4.79 Å². The van der Waals surface area contributed by atoms with E-state index in [1.807, 2.05) is 30.3 Å². The smallest absolute Gasteiger partial charge is 0.353 e. The minimum atomic E-state index is -1.63. The Labute approximate surface area is 190 Å². The summed E-state index contributed by atoms with van der Waals surface area (Å²) in [6, 6.07) is 21.3. The highest BCUT2D eigenvalue weighted by molar-refractivity contribution is 6.32. The Morgan fingerprint density at radius 3 is 2.56 bits per heavy atom. The van der Waals surface area contributed by atoms with E-state index in [2.05, 4.69) is 5.32 Å². The van der Waals surface area contributed by atoms with Crippen LogP contribution in [0, 0.1) is 0 Å². The average Bonchev–Trinajstić information content (AvgIpc) is 2.81. The van der Waals surface area contributed by atoms with Crippen molar-refractivity contribution in [1.82, 2.24) is 5.32 Å². The maximum atomic E-state index is 12.5. The second kappa shape index (κ2) is 9.32. The third-order valence-electron chi connectivity index (χ3n) is 5.40. The summed E-state index contributed by atoms with van der Waals surface area (Å²) in [4.78, 5) is 24.8. The summed E-state index contributed by atoms with van der Waals surface area (Å²) in [5, 5.41) is 13.1. The molecule has 1 aliphatic heterocycles. The van der Waals surface area contributed by atoms with Crippen molar-refractivity contribution in [2.24, 2.45) is 0 Å². The van der Waals surface area contributed by atoms with Gasteiger partial charge >= 0.3 is 5.97 Å². The van der Waals surface area contributed by atoms with E-state index in [1.165, 1.54) is 12.1 Å². The first kappa shape index (κ1) is 21.7. The molecule has 0 aromatic heterocycles. The van der Waals surface area contributed by atoms with Gasteiger partial charge in [0.25, 0.3) is 5.91 Å². The van der Waals surface area contributed by atoms with Crippen molar-refractivity contribution in [3.63, 3.8) is 0 Å². The molecule has 1 aliphatic rings. The number of benzene rings is 3. The zero-order chi connectivity index (χ0) is 22.6. The standard InChI is InChI=1S/C25H22ClNO5/c26-20-16-18(23(28)27-14-12-17-6-2-1-3-7-17)10-11-22(20)32-25(24(29)30)13-15-31-21-9-5-4-8-19(21)25/h1-11,16H,12-15H2,(H,27,28)(H,29,30). The van der Waals surface area contributed by atoms with Crippen LogP contribution in [-0.2, 0) is 16.8 Å². The van der Waals surface area contributed by atoms with E-state index >= 15 is 0 Å². The second-order valence-electron chi connectivity index (χ2n) is 7.47. The van der Waals surface area contributed by atoms with Gasteiger partial charge in [0.15, 0.2) is 0 Å². The Morgan fingerprint density at radius 2 is 1.81 bits per heavy atom. The van der Waals surface area contributed by atoms with Crippen LogP contribution in [-0.4, -0.2) is 30.1 Å². The molecule has 1 amide bonds. The van der Waals surface area contributed by atoms with Crippen LogP contribution in [0.15, 0.2) is 72.8 Å². The van der Waals surface area contributed by atoms with Gasteiger partial charge in [-0.3, -0.25) is 4.79 Å². The first-order valence-electron chi connectivity index (χ1n) is 10.3. The number of carboxylic acid groups (broad SMARTS) is 1. The molecule has 3 aromatic rings. The largest absolute Gasteiger partial charge is 0.493 e. The number of fused-ring (bicyclic) bond motifs is 1. The van der Waals surface area contributed by atoms with Gasteiger partial charge in [0.05, 0.1) is 11.6 Å². The molecule has 32 heavy (non-hydrogen) atoms. The van der Waals surface area contributed by atoms with Crippen molar-refractivity contribution in [1.29, 1.82) is 0 Å². The fraction of sp³-hybridized carbons (Fsp3) is 0.200. The van der Waals surface area contributed by atoms with Gasteiger partial charge in [-0.15, -0.1) is 0 Å². The van der Waals surface area contributed by atoms with Gasteiger partial charge < -0.3 is 19.9 Å². The quantitative estimate of drug-likeness (QED) is 0.554. The summed E-state index contributed by atoms with van der Waals surface area (Å²) < 4.78 is 11.6. The molecule has 0 saturated heterocycles. The van der Waals surface area contributed by atoms with Crippen LogP contribution >= 0.6 is 11.6 Å². The van der Waals surface area contributed by atoms with E-state index in [0.717, 1.165) is 5.56 Å². The maximum Gasteiger partial charge on any atom is 0.353 e. The highest BCUT2D eigenvalue weighted by atomic mass is 35.5. The number of carboxylic acids is 1. The zero-order valence-electron chi connectivity index (χ0n) is 17.2. The number of rotatable bonds is 7. The SMILES string of the molecule is O=C(NCCc1ccccc1)c1ccc(OC2(C(=O)O)CCOc3ccccc32)c(Cl)c1. The van der Waals surface area contributed by atoms with Crippen molar-refractivity contribution in [3.8, 4) is 11.5 Å². The Bertz CT molecular complexity index is 1130. The van der Waals surface area contributed by atoms with Gasteiger partial charge in [0.2, 0.25) is 5.60 Å². The molecule has 0 saturated carbocycles. The van der Waals surface area contributed by atoms with Gasteiger partial charge in [-0.1, -0.05) is 60.1 Å². The van der Waals surface area contributed by atoms with Gasteiger partial charge in [0, 0.05) is 24.1 Å². The Morgan fingerprint density at radius 1 is 1.06 bits per heavy atom. The lowest BCUT2D eigenvalue weighted by Gasteiger charge is -2.35. The van der Waals surface area contributed by atoms with Crippen LogP contribution in [0.25, 0.3) is 0 Å². The number of carbonyl (C=O) groups excluding carboxylic acids is 1. The van der Waals surface area contributed by atoms with E-state index in [1.54, 1.807) is 30.3 Å². The van der Waals surface area contributed by atoms with Gasteiger partial charge in [0.1, 0.15) is 11.5 Å². The molecule has 0 fully saturated rings. The molecule has 0 aliphatic carbocycles. The van der Waals surface area contributed by atoms with E-state index < -0.39 is 11.6 Å². The topological polar surface area (TPSA) is 84.9 Å². The minimum Gasteiger partial charge on any atom is -0.493 e. The maximum absolute atomic E-state index is 12.5.